The zero-order valence-corrected chi connectivity index (χ0v) is 18.3. The second-order valence-electron chi connectivity index (χ2n) is 9.81. The second kappa shape index (κ2) is 6.40. The van der Waals surface area contributed by atoms with Gasteiger partial charge >= 0.3 is 6.18 Å². The molecule has 0 N–H and O–H groups in total. The molecule has 0 bridgehead atoms. The minimum absolute atomic E-state index is 0.0613. The topological polar surface area (TPSA) is 72.7 Å². The predicted octanol–water partition coefficient (Wildman–Crippen LogP) is 4.83. The smallest absolute Gasteiger partial charge is 0.432 e. The van der Waals surface area contributed by atoms with Crippen molar-refractivity contribution in [3.63, 3.8) is 0 Å². The first-order valence-electron chi connectivity index (χ1n) is 11.6. The van der Waals surface area contributed by atoms with Crippen LogP contribution in [0.15, 0.2) is 60.7 Å². The number of carbonyl (C=O) groups is 1. The molecule has 3 heterocycles. The number of ether oxygens (including phenoxy) is 1. The van der Waals surface area contributed by atoms with Crippen LogP contribution in [-0.2, 0) is 5.54 Å². The number of fused-ring (bicyclic) bond motifs is 8. The van der Waals surface area contributed by atoms with Crippen LogP contribution in [-0.4, -0.2) is 46.0 Å². The fraction of sp³-hybridized carbons (Fsp3) is 0.346. The first kappa shape index (κ1) is 20.9. The quantitative estimate of drug-likeness (QED) is 0.369. The van der Waals surface area contributed by atoms with Gasteiger partial charge in [0.1, 0.15) is 11.3 Å². The molecule has 0 radical (unpaired) electrons. The van der Waals surface area contributed by atoms with Gasteiger partial charge in [0.05, 0.1) is 12.0 Å². The van der Waals surface area contributed by atoms with Crippen LogP contribution >= 0.6 is 0 Å². The van der Waals surface area contributed by atoms with Gasteiger partial charge in [-0.05, 0) is 35.2 Å². The van der Waals surface area contributed by atoms with Crippen molar-refractivity contribution in [3.8, 4) is 5.75 Å². The highest BCUT2D eigenvalue weighted by atomic mass is 19.4. The zero-order chi connectivity index (χ0) is 24.3. The highest BCUT2D eigenvalue weighted by molar-refractivity contribution is 6.21. The molecule has 6 nitrogen and oxygen atoms in total. The van der Waals surface area contributed by atoms with Gasteiger partial charge in [-0.25, -0.2) is 0 Å². The van der Waals surface area contributed by atoms with Crippen LogP contribution in [0.5, 0.6) is 5.75 Å². The van der Waals surface area contributed by atoms with Crippen molar-refractivity contribution in [1.82, 2.24) is 4.90 Å². The van der Waals surface area contributed by atoms with Gasteiger partial charge in [0.2, 0.25) is 0 Å². The highest BCUT2D eigenvalue weighted by Gasteiger charge is 2.86. The first-order chi connectivity index (χ1) is 16.7. The van der Waals surface area contributed by atoms with Gasteiger partial charge in [0.15, 0.2) is 5.78 Å². The molecule has 0 saturated carbocycles. The lowest BCUT2D eigenvalue weighted by Crippen LogP contribution is -2.68. The number of halogens is 3. The van der Waals surface area contributed by atoms with E-state index in [9.17, 15) is 28.1 Å². The summed E-state index contributed by atoms with van der Waals surface area (Å²) in [4.78, 5) is 28.4. The fourth-order valence-electron chi connectivity index (χ4n) is 7.61. The third kappa shape index (κ3) is 2.15. The molecule has 7 rings (SSSR count). The van der Waals surface area contributed by atoms with Gasteiger partial charge in [0.25, 0.3) is 11.6 Å². The van der Waals surface area contributed by atoms with Crippen molar-refractivity contribution in [2.75, 3.05) is 6.54 Å². The number of benzene rings is 3. The minimum Gasteiger partial charge on any atom is -0.473 e. The number of ketones is 1. The Morgan fingerprint density at radius 1 is 1.06 bits per heavy atom. The van der Waals surface area contributed by atoms with E-state index in [4.69, 9.17) is 4.74 Å². The number of para-hydroxylation sites is 1. The lowest BCUT2D eigenvalue weighted by molar-refractivity contribution is -0.599. The lowest BCUT2D eigenvalue weighted by atomic mass is 9.62. The van der Waals surface area contributed by atoms with Crippen molar-refractivity contribution in [1.29, 1.82) is 0 Å². The van der Waals surface area contributed by atoms with Crippen molar-refractivity contribution in [2.45, 2.75) is 48.2 Å². The molecule has 0 unspecified atom stereocenters. The number of alkyl halides is 3. The van der Waals surface area contributed by atoms with E-state index in [2.05, 4.69) is 0 Å². The van der Waals surface area contributed by atoms with Gasteiger partial charge in [-0.3, -0.25) is 19.8 Å². The van der Waals surface area contributed by atoms with E-state index in [1.807, 2.05) is 12.1 Å². The van der Waals surface area contributed by atoms with Crippen LogP contribution in [0.3, 0.4) is 0 Å². The molecule has 1 aliphatic carbocycles. The Morgan fingerprint density at radius 3 is 2.54 bits per heavy atom. The van der Waals surface area contributed by atoms with Crippen LogP contribution in [0.2, 0.25) is 0 Å². The fourth-order valence-corrected chi connectivity index (χ4v) is 7.61. The van der Waals surface area contributed by atoms with Gasteiger partial charge in [-0.2, -0.15) is 13.2 Å². The zero-order valence-electron chi connectivity index (χ0n) is 18.3. The number of hydrogen-bond acceptors (Lipinski definition) is 5. The molecule has 3 aromatic carbocycles. The number of nitro groups is 1. The van der Waals surface area contributed by atoms with Crippen LogP contribution in [0.1, 0.15) is 40.2 Å². The van der Waals surface area contributed by atoms with Crippen molar-refractivity contribution < 1.29 is 27.6 Å². The average Bonchev–Trinajstić information content (AvgIpc) is 3.48. The minimum atomic E-state index is -5.01. The molecule has 3 aromatic rings. The SMILES string of the molecule is O=C1c2cccc3cccc(c23)[C@@]12[C@H]1c3ccccc3O[C@H](C(F)(F)F)[C@@]1([N+](=O)[O-])[C@@H]1CCCN12. The number of Topliss-reactive ketones (excluding diaryl/α,β-unsaturated/α-hetero) is 1. The highest BCUT2D eigenvalue weighted by Crippen LogP contribution is 2.69. The molecule has 1 spiro atoms. The molecule has 5 atom stereocenters. The number of rotatable bonds is 1. The molecule has 0 aromatic heterocycles. The Morgan fingerprint density at radius 2 is 1.80 bits per heavy atom. The van der Waals surface area contributed by atoms with Gasteiger partial charge in [-0.15, -0.1) is 0 Å². The average molecular weight is 480 g/mol. The van der Waals surface area contributed by atoms with Crippen LogP contribution in [0, 0.1) is 10.1 Å². The van der Waals surface area contributed by atoms with E-state index >= 15 is 0 Å². The van der Waals surface area contributed by atoms with Crippen molar-refractivity contribution in [3.05, 3.63) is 87.5 Å². The lowest BCUT2D eigenvalue weighted by Gasteiger charge is -2.44. The molecule has 2 saturated heterocycles. The van der Waals surface area contributed by atoms with Gasteiger partial charge in [0, 0.05) is 22.6 Å². The summed E-state index contributed by atoms with van der Waals surface area (Å²) in [6.07, 6.45) is -7.07. The van der Waals surface area contributed by atoms with Crippen LogP contribution < -0.4 is 4.74 Å². The maximum absolute atomic E-state index is 14.7. The van der Waals surface area contributed by atoms with E-state index < -0.39 is 40.2 Å². The first-order valence-corrected chi connectivity index (χ1v) is 11.6. The standard InChI is InChI=1S/C26H19F3N2O4/c27-26(28,29)23-25(31(33)34)19-12-5-13-30(19)24(21(25)15-8-1-2-11-18(15)35-23)17-10-4-7-14-6-3-9-16(20(14)17)22(24)32/h1-4,6-11,19,21,23H,5,12-13H2/t19-,21+,23-,24+,25+/m0/s1. The Bertz CT molecular complexity index is 1450. The molecular formula is C26H19F3N2O4. The summed E-state index contributed by atoms with van der Waals surface area (Å²) in [5.41, 5.74) is -2.98. The Hall–Kier alpha value is -3.46. The second-order valence-corrected chi connectivity index (χ2v) is 9.81. The summed E-state index contributed by atoms with van der Waals surface area (Å²) < 4.78 is 49.5. The Kier molecular flexibility index (Phi) is 3.82. The molecule has 3 aliphatic heterocycles. The molecule has 178 valence electrons. The summed E-state index contributed by atoms with van der Waals surface area (Å²) in [6.45, 7) is 0.291. The summed E-state index contributed by atoms with van der Waals surface area (Å²) in [5.74, 6) is -1.81. The maximum atomic E-state index is 14.7. The molecule has 0 amide bonds. The number of carbonyl (C=O) groups excluding carboxylic acids is 1. The Balaban J connectivity index is 1.66. The molecule has 9 heteroatoms. The van der Waals surface area contributed by atoms with E-state index in [-0.39, 0.29) is 23.5 Å². The molecular weight excluding hydrogens is 461 g/mol. The van der Waals surface area contributed by atoms with E-state index in [1.54, 1.807) is 47.4 Å². The normalized spacial score (nSPS) is 33.0. The van der Waals surface area contributed by atoms with E-state index in [0.717, 1.165) is 5.39 Å². The molecule has 4 aliphatic rings. The summed E-state index contributed by atoms with van der Waals surface area (Å²) in [5, 5.41) is 14.5. The summed E-state index contributed by atoms with van der Waals surface area (Å²) in [6, 6.07) is 15.7. The largest absolute Gasteiger partial charge is 0.473 e. The predicted molar refractivity (Wildman–Crippen MR) is 119 cm³/mol. The van der Waals surface area contributed by atoms with Crippen molar-refractivity contribution >= 4 is 16.6 Å². The molecule has 2 fully saturated rings. The third-order valence-corrected chi connectivity index (χ3v) is 8.53. The van der Waals surface area contributed by atoms with Crippen molar-refractivity contribution in [2.24, 2.45) is 0 Å². The summed E-state index contributed by atoms with van der Waals surface area (Å²) in [7, 11) is 0. The molecule has 35 heavy (non-hydrogen) atoms. The van der Waals surface area contributed by atoms with E-state index in [1.165, 1.54) is 6.07 Å². The number of nitrogens with zero attached hydrogens (tertiary/aromatic N) is 2. The van der Waals surface area contributed by atoms with E-state index in [0.29, 0.717) is 29.5 Å². The third-order valence-electron chi connectivity index (χ3n) is 8.53. The maximum Gasteiger partial charge on any atom is 0.432 e. The van der Waals surface area contributed by atoms with Crippen LogP contribution in [0.25, 0.3) is 10.8 Å². The van der Waals surface area contributed by atoms with Gasteiger partial charge in [-0.1, -0.05) is 54.6 Å². The Labute approximate surface area is 197 Å². The number of hydrogen-bond donors (Lipinski definition) is 0. The van der Waals surface area contributed by atoms with Crippen LogP contribution in [0.4, 0.5) is 13.2 Å². The monoisotopic (exact) mass is 480 g/mol. The summed E-state index contributed by atoms with van der Waals surface area (Å²) >= 11 is 0. The van der Waals surface area contributed by atoms with Gasteiger partial charge < -0.3 is 4.74 Å².